The third-order valence-corrected chi connectivity index (χ3v) is 2.75. The fraction of sp³-hybridized carbons (Fsp3) is 0.429. The summed E-state index contributed by atoms with van der Waals surface area (Å²) in [7, 11) is 0. The van der Waals surface area contributed by atoms with Crippen molar-refractivity contribution < 1.29 is 19.2 Å². The Hall–Kier alpha value is -2.48. The van der Waals surface area contributed by atoms with Crippen molar-refractivity contribution in [1.29, 1.82) is 0 Å². The first-order valence-electron chi connectivity index (χ1n) is 6.78. The van der Waals surface area contributed by atoms with E-state index in [1.54, 1.807) is 0 Å². The van der Waals surface area contributed by atoms with Crippen molar-refractivity contribution in [1.82, 2.24) is 5.32 Å². The lowest BCUT2D eigenvalue weighted by Crippen LogP contribution is -2.43. The first-order chi connectivity index (χ1) is 10.3. The standard InChI is InChI=1S/C14H19N3O5/c1-9(2)7-12(15)14(19)16-8-13(18)22-11-5-3-10(4-6-11)17(20)21/h3-6,9,12H,7-8,15H2,1-2H3,(H,16,19). The number of nitrogens with one attached hydrogen (secondary N) is 1. The summed E-state index contributed by atoms with van der Waals surface area (Å²) in [6.07, 6.45) is 0.517. The van der Waals surface area contributed by atoms with Crippen LogP contribution in [-0.4, -0.2) is 29.4 Å². The first-order valence-corrected chi connectivity index (χ1v) is 6.78. The molecule has 1 aromatic rings. The fourth-order valence-electron chi connectivity index (χ4n) is 1.71. The average Bonchev–Trinajstić information content (AvgIpc) is 2.44. The van der Waals surface area contributed by atoms with Gasteiger partial charge in [-0.15, -0.1) is 0 Å². The maximum absolute atomic E-state index is 11.6. The molecule has 0 aliphatic heterocycles. The van der Waals surface area contributed by atoms with E-state index in [4.69, 9.17) is 10.5 Å². The summed E-state index contributed by atoms with van der Waals surface area (Å²) in [4.78, 5) is 33.1. The second-order valence-electron chi connectivity index (χ2n) is 5.18. The molecule has 1 rings (SSSR count). The summed E-state index contributed by atoms with van der Waals surface area (Å²) >= 11 is 0. The largest absolute Gasteiger partial charge is 0.425 e. The number of carbonyl (C=O) groups excluding carboxylic acids is 2. The molecule has 0 spiro atoms. The van der Waals surface area contributed by atoms with Gasteiger partial charge in [0.25, 0.3) is 5.69 Å². The molecule has 0 fully saturated rings. The summed E-state index contributed by atoms with van der Waals surface area (Å²) < 4.78 is 4.94. The van der Waals surface area contributed by atoms with E-state index in [2.05, 4.69) is 5.32 Å². The number of nitro benzene ring substituents is 1. The normalized spacial score (nSPS) is 11.8. The minimum atomic E-state index is -0.682. The van der Waals surface area contributed by atoms with Gasteiger partial charge in [0, 0.05) is 12.1 Å². The lowest BCUT2D eigenvalue weighted by Gasteiger charge is -2.13. The molecule has 8 nitrogen and oxygen atoms in total. The van der Waals surface area contributed by atoms with Crippen molar-refractivity contribution in [2.75, 3.05) is 6.54 Å². The van der Waals surface area contributed by atoms with E-state index in [0.717, 1.165) is 0 Å². The van der Waals surface area contributed by atoms with Crippen LogP contribution in [0.1, 0.15) is 20.3 Å². The third kappa shape index (κ3) is 5.88. The van der Waals surface area contributed by atoms with Crippen LogP contribution in [0.15, 0.2) is 24.3 Å². The number of esters is 1. The second-order valence-corrected chi connectivity index (χ2v) is 5.18. The molecule has 0 aromatic heterocycles. The van der Waals surface area contributed by atoms with Crippen molar-refractivity contribution >= 4 is 17.6 Å². The molecular formula is C14H19N3O5. The first kappa shape index (κ1) is 17.6. The zero-order chi connectivity index (χ0) is 16.7. The number of nitrogens with two attached hydrogens (primary N) is 1. The van der Waals surface area contributed by atoms with E-state index in [9.17, 15) is 19.7 Å². The number of amides is 1. The SMILES string of the molecule is CC(C)CC(N)C(=O)NCC(=O)Oc1ccc([N+](=O)[O-])cc1. The molecule has 8 heteroatoms. The van der Waals surface area contributed by atoms with E-state index >= 15 is 0 Å². The number of nitro groups is 1. The Morgan fingerprint density at radius 1 is 1.32 bits per heavy atom. The number of carbonyl (C=O) groups is 2. The smallest absolute Gasteiger partial charge is 0.330 e. The molecule has 22 heavy (non-hydrogen) atoms. The zero-order valence-electron chi connectivity index (χ0n) is 12.4. The van der Waals surface area contributed by atoms with E-state index in [0.29, 0.717) is 6.42 Å². The summed E-state index contributed by atoms with van der Waals surface area (Å²) in [6.45, 7) is 3.56. The van der Waals surface area contributed by atoms with Crippen molar-refractivity contribution in [2.24, 2.45) is 11.7 Å². The van der Waals surface area contributed by atoms with Crippen LogP contribution < -0.4 is 15.8 Å². The van der Waals surface area contributed by atoms with Crippen molar-refractivity contribution in [3.05, 3.63) is 34.4 Å². The zero-order valence-corrected chi connectivity index (χ0v) is 12.4. The van der Waals surface area contributed by atoms with Gasteiger partial charge in [0.1, 0.15) is 12.3 Å². The molecule has 0 radical (unpaired) electrons. The topological polar surface area (TPSA) is 125 Å². The maximum atomic E-state index is 11.6. The summed E-state index contributed by atoms with van der Waals surface area (Å²) in [5.74, 6) is -0.669. The van der Waals surface area contributed by atoms with Crippen molar-refractivity contribution in [3.63, 3.8) is 0 Å². The third-order valence-electron chi connectivity index (χ3n) is 2.75. The molecular weight excluding hydrogens is 290 g/mol. The molecule has 0 saturated heterocycles. The number of nitrogens with zero attached hydrogens (tertiary/aromatic N) is 1. The van der Waals surface area contributed by atoms with E-state index in [-0.39, 0.29) is 23.9 Å². The van der Waals surface area contributed by atoms with Crippen LogP contribution >= 0.6 is 0 Å². The molecule has 0 aliphatic carbocycles. The molecule has 0 saturated carbocycles. The van der Waals surface area contributed by atoms with Gasteiger partial charge in [-0.1, -0.05) is 13.8 Å². The Labute approximate surface area is 127 Å². The minimum absolute atomic E-state index is 0.104. The minimum Gasteiger partial charge on any atom is -0.425 e. The molecule has 1 atom stereocenters. The van der Waals surface area contributed by atoms with Crippen LogP contribution in [0, 0.1) is 16.0 Å². The van der Waals surface area contributed by atoms with Crippen LogP contribution in [-0.2, 0) is 9.59 Å². The van der Waals surface area contributed by atoms with Gasteiger partial charge in [0.2, 0.25) is 5.91 Å². The lowest BCUT2D eigenvalue weighted by molar-refractivity contribution is -0.384. The molecule has 120 valence electrons. The van der Waals surface area contributed by atoms with Crippen LogP contribution in [0.2, 0.25) is 0 Å². The molecule has 0 bridgehead atoms. The molecule has 1 aromatic carbocycles. The quantitative estimate of drug-likeness (QED) is 0.335. The Morgan fingerprint density at radius 2 is 1.91 bits per heavy atom. The number of rotatable bonds is 7. The Morgan fingerprint density at radius 3 is 2.41 bits per heavy atom. The Balaban J connectivity index is 2.43. The van der Waals surface area contributed by atoms with Crippen LogP contribution in [0.25, 0.3) is 0 Å². The highest BCUT2D eigenvalue weighted by Crippen LogP contribution is 2.17. The summed E-state index contributed by atoms with van der Waals surface area (Å²) in [6, 6.07) is 4.39. The number of hydrogen-bond acceptors (Lipinski definition) is 6. The molecule has 0 heterocycles. The van der Waals surface area contributed by atoms with Gasteiger partial charge in [0.15, 0.2) is 0 Å². The van der Waals surface area contributed by atoms with Gasteiger partial charge >= 0.3 is 5.97 Å². The van der Waals surface area contributed by atoms with E-state index in [1.165, 1.54) is 24.3 Å². The highest BCUT2D eigenvalue weighted by molar-refractivity contribution is 5.86. The molecule has 0 aliphatic rings. The highest BCUT2D eigenvalue weighted by Gasteiger charge is 2.16. The fourth-order valence-corrected chi connectivity index (χ4v) is 1.71. The van der Waals surface area contributed by atoms with Gasteiger partial charge in [-0.2, -0.15) is 0 Å². The molecule has 1 amide bonds. The Kier molecular flexibility index (Phi) is 6.46. The van der Waals surface area contributed by atoms with Gasteiger partial charge in [-0.05, 0) is 24.5 Å². The lowest BCUT2D eigenvalue weighted by atomic mass is 10.0. The van der Waals surface area contributed by atoms with E-state index in [1.807, 2.05) is 13.8 Å². The van der Waals surface area contributed by atoms with Crippen molar-refractivity contribution in [2.45, 2.75) is 26.3 Å². The summed E-state index contributed by atoms with van der Waals surface area (Å²) in [5.41, 5.74) is 5.57. The molecule has 3 N–H and O–H groups in total. The van der Waals surface area contributed by atoms with E-state index < -0.39 is 22.8 Å². The summed E-state index contributed by atoms with van der Waals surface area (Å²) in [5, 5.41) is 12.9. The number of hydrogen-bond donors (Lipinski definition) is 2. The van der Waals surface area contributed by atoms with Crippen molar-refractivity contribution in [3.8, 4) is 5.75 Å². The van der Waals surface area contributed by atoms with Gasteiger partial charge in [-0.3, -0.25) is 14.9 Å². The van der Waals surface area contributed by atoms with Crippen LogP contribution in [0.3, 0.4) is 0 Å². The highest BCUT2D eigenvalue weighted by atomic mass is 16.6. The predicted octanol–water partition coefficient (Wildman–Crippen LogP) is 0.990. The van der Waals surface area contributed by atoms with Gasteiger partial charge < -0.3 is 15.8 Å². The number of non-ortho nitro benzene ring substituents is 1. The molecule has 1 unspecified atom stereocenters. The van der Waals surface area contributed by atoms with Gasteiger partial charge in [-0.25, -0.2) is 4.79 Å². The van der Waals surface area contributed by atoms with Gasteiger partial charge in [0.05, 0.1) is 11.0 Å². The number of benzene rings is 1. The maximum Gasteiger partial charge on any atom is 0.330 e. The Bertz CT molecular complexity index is 542. The van der Waals surface area contributed by atoms with Crippen LogP contribution in [0.4, 0.5) is 5.69 Å². The second kappa shape index (κ2) is 8.08. The monoisotopic (exact) mass is 309 g/mol. The average molecular weight is 309 g/mol. The number of ether oxygens (including phenoxy) is 1. The van der Waals surface area contributed by atoms with Crippen LogP contribution in [0.5, 0.6) is 5.75 Å². The predicted molar refractivity (Wildman–Crippen MR) is 79.2 cm³/mol.